The summed E-state index contributed by atoms with van der Waals surface area (Å²) in [7, 11) is 1.52. The Labute approximate surface area is 192 Å². The Balaban J connectivity index is 1.52. The molecule has 1 saturated heterocycles. The van der Waals surface area contributed by atoms with Gasteiger partial charge in [-0.1, -0.05) is 37.6 Å². The van der Waals surface area contributed by atoms with Crippen LogP contribution in [-0.4, -0.2) is 35.6 Å². The molecule has 0 radical (unpaired) electrons. The highest BCUT2D eigenvalue weighted by Crippen LogP contribution is 2.36. The fourth-order valence-corrected chi connectivity index (χ4v) is 3.68. The van der Waals surface area contributed by atoms with Crippen molar-refractivity contribution in [3.8, 4) is 23.0 Å². The summed E-state index contributed by atoms with van der Waals surface area (Å²) in [5.41, 5.74) is 2.17. The summed E-state index contributed by atoms with van der Waals surface area (Å²) in [6.45, 7) is 4.49. The van der Waals surface area contributed by atoms with E-state index in [1.807, 2.05) is 44.2 Å². The largest absolute Gasteiger partial charge is 0.493 e. The van der Waals surface area contributed by atoms with E-state index in [1.54, 1.807) is 18.2 Å². The van der Waals surface area contributed by atoms with Crippen molar-refractivity contribution in [1.82, 2.24) is 9.88 Å². The summed E-state index contributed by atoms with van der Waals surface area (Å²) in [6, 6.07) is 14.0. The van der Waals surface area contributed by atoms with Crippen LogP contribution in [0.3, 0.4) is 0 Å². The summed E-state index contributed by atoms with van der Waals surface area (Å²) in [5.74, 6) is 1.55. The molecule has 1 aliphatic heterocycles. The third kappa shape index (κ3) is 4.69. The first-order valence-electron chi connectivity index (χ1n) is 10.9. The van der Waals surface area contributed by atoms with Gasteiger partial charge in [-0.05, 0) is 43.2 Å². The van der Waals surface area contributed by atoms with Crippen LogP contribution in [0, 0.1) is 6.92 Å². The number of hydrogen-bond acceptors (Lipinski definition) is 7. The molecule has 4 rings (SSSR count). The summed E-state index contributed by atoms with van der Waals surface area (Å²) < 4.78 is 22.1. The minimum atomic E-state index is -0.793. The second-order valence-corrected chi connectivity index (χ2v) is 7.72. The molecule has 1 amide bonds. The second kappa shape index (κ2) is 9.77. The molecule has 1 atom stereocenters. The lowest BCUT2D eigenvalue weighted by molar-refractivity contribution is -0.136. The molecule has 3 aromatic rings. The number of aryl methyl sites for hydroxylation is 1. The number of cyclic esters (lactones) is 2. The van der Waals surface area contributed by atoms with Gasteiger partial charge in [0, 0.05) is 12.1 Å². The topological polar surface area (TPSA) is 91.1 Å². The molecule has 0 N–H and O–H groups in total. The lowest BCUT2D eigenvalue weighted by atomic mass is 10.1. The number of esters is 1. The van der Waals surface area contributed by atoms with E-state index in [0.29, 0.717) is 41.0 Å². The number of unbranched alkanes of at least 4 members (excludes halogenated alkanes) is 1. The number of aromatic nitrogens is 1. The number of methoxy groups -OCH3 is 1. The molecule has 172 valence electrons. The maximum atomic E-state index is 12.3. The van der Waals surface area contributed by atoms with Crippen LogP contribution in [0.1, 0.15) is 42.8 Å². The van der Waals surface area contributed by atoms with Crippen LogP contribution in [-0.2, 0) is 16.1 Å². The van der Waals surface area contributed by atoms with Crippen molar-refractivity contribution in [3.05, 3.63) is 65.5 Å². The van der Waals surface area contributed by atoms with Crippen molar-refractivity contribution in [2.24, 2.45) is 0 Å². The normalized spacial score (nSPS) is 15.6. The van der Waals surface area contributed by atoms with Crippen molar-refractivity contribution >= 4 is 12.1 Å². The quantitative estimate of drug-likeness (QED) is 0.332. The average Bonchev–Trinajstić information content (AvgIpc) is 3.34. The molecule has 1 aromatic heterocycles. The van der Waals surface area contributed by atoms with Gasteiger partial charge in [0.2, 0.25) is 5.89 Å². The van der Waals surface area contributed by atoms with E-state index in [1.165, 1.54) is 12.0 Å². The number of rotatable bonds is 9. The van der Waals surface area contributed by atoms with E-state index in [-0.39, 0.29) is 6.61 Å². The fraction of sp³-hybridized carbons (Fsp3) is 0.320. The van der Waals surface area contributed by atoms with Crippen molar-refractivity contribution < 1.29 is 28.2 Å². The van der Waals surface area contributed by atoms with Crippen LogP contribution >= 0.6 is 0 Å². The van der Waals surface area contributed by atoms with Crippen LogP contribution in [0.5, 0.6) is 11.5 Å². The van der Waals surface area contributed by atoms with Gasteiger partial charge in [0.25, 0.3) is 0 Å². The molecular formula is C25H26N2O6. The van der Waals surface area contributed by atoms with Crippen LogP contribution in [0.2, 0.25) is 0 Å². The van der Waals surface area contributed by atoms with Crippen molar-refractivity contribution in [2.75, 3.05) is 13.7 Å². The van der Waals surface area contributed by atoms with Crippen molar-refractivity contribution in [3.63, 3.8) is 0 Å². The Morgan fingerprint density at radius 2 is 1.88 bits per heavy atom. The number of hydrogen-bond donors (Lipinski definition) is 0. The SMILES string of the molecule is CCCCN1C(=O)OC(=O)C1c1ccc(OCc2nc(-c3ccccc3)oc2C)c(OC)c1. The molecule has 8 heteroatoms. The van der Waals surface area contributed by atoms with E-state index in [2.05, 4.69) is 4.98 Å². The Kier molecular flexibility index (Phi) is 6.63. The van der Waals surface area contributed by atoms with Gasteiger partial charge >= 0.3 is 12.1 Å². The number of ether oxygens (including phenoxy) is 3. The molecule has 0 saturated carbocycles. The average molecular weight is 450 g/mol. The number of benzene rings is 2. The highest BCUT2D eigenvalue weighted by Gasteiger charge is 2.42. The maximum Gasteiger partial charge on any atom is 0.418 e. The first-order valence-corrected chi connectivity index (χ1v) is 10.9. The molecule has 0 aliphatic carbocycles. The maximum absolute atomic E-state index is 12.3. The summed E-state index contributed by atoms with van der Waals surface area (Å²) in [6.07, 6.45) is 1.06. The summed E-state index contributed by atoms with van der Waals surface area (Å²) >= 11 is 0. The molecule has 1 aliphatic rings. The first-order chi connectivity index (χ1) is 16.0. The molecule has 2 heterocycles. The van der Waals surface area contributed by atoms with Crippen LogP contribution in [0.4, 0.5) is 4.79 Å². The van der Waals surface area contributed by atoms with Crippen molar-refractivity contribution in [2.45, 2.75) is 39.3 Å². The Hall–Kier alpha value is -3.81. The van der Waals surface area contributed by atoms with Gasteiger partial charge in [-0.2, -0.15) is 0 Å². The van der Waals surface area contributed by atoms with Gasteiger partial charge in [-0.15, -0.1) is 0 Å². The van der Waals surface area contributed by atoms with E-state index >= 15 is 0 Å². The second-order valence-electron chi connectivity index (χ2n) is 7.72. The lowest BCUT2D eigenvalue weighted by Crippen LogP contribution is -2.29. The molecule has 0 spiro atoms. The van der Waals surface area contributed by atoms with E-state index in [9.17, 15) is 9.59 Å². The minimum Gasteiger partial charge on any atom is -0.493 e. The monoisotopic (exact) mass is 450 g/mol. The van der Waals surface area contributed by atoms with Crippen LogP contribution in [0.25, 0.3) is 11.5 Å². The highest BCUT2D eigenvalue weighted by molar-refractivity contribution is 5.96. The number of carbonyl (C=O) groups is 2. The van der Waals surface area contributed by atoms with E-state index in [0.717, 1.165) is 18.4 Å². The fourth-order valence-electron chi connectivity index (χ4n) is 3.68. The number of oxazole rings is 1. The third-order valence-electron chi connectivity index (χ3n) is 5.49. The Morgan fingerprint density at radius 1 is 1.09 bits per heavy atom. The summed E-state index contributed by atoms with van der Waals surface area (Å²) in [5, 5.41) is 0. The number of carbonyl (C=O) groups excluding carboxylic acids is 2. The third-order valence-corrected chi connectivity index (χ3v) is 5.49. The van der Waals surface area contributed by atoms with Gasteiger partial charge in [0.1, 0.15) is 18.1 Å². The summed E-state index contributed by atoms with van der Waals surface area (Å²) in [4.78, 5) is 30.4. The first kappa shape index (κ1) is 22.4. The molecule has 1 unspecified atom stereocenters. The van der Waals surface area contributed by atoms with E-state index in [4.69, 9.17) is 18.6 Å². The minimum absolute atomic E-state index is 0.185. The molecular weight excluding hydrogens is 424 g/mol. The zero-order valence-electron chi connectivity index (χ0n) is 18.9. The van der Waals surface area contributed by atoms with Crippen LogP contribution < -0.4 is 9.47 Å². The van der Waals surface area contributed by atoms with Crippen molar-refractivity contribution in [1.29, 1.82) is 0 Å². The van der Waals surface area contributed by atoms with Gasteiger partial charge in [-0.3, -0.25) is 4.90 Å². The molecule has 8 nitrogen and oxygen atoms in total. The number of amides is 1. The van der Waals surface area contributed by atoms with Gasteiger partial charge in [0.15, 0.2) is 17.5 Å². The standard InChI is InChI=1S/C25H26N2O6/c1-4-5-13-27-22(24(28)33-25(27)29)18-11-12-20(21(14-18)30-3)31-15-19-16(2)32-23(26-19)17-9-7-6-8-10-17/h6-12,14,22H,4-5,13,15H2,1-3H3. The smallest absolute Gasteiger partial charge is 0.418 e. The molecule has 33 heavy (non-hydrogen) atoms. The van der Waals surface area contributed by atoms with E-state index < -0.39 is 18.1 Å². The Bertz CT molecular complexity index is 1140. The predicted molar refractivity (Wildman–Crippen MR) is 120 cm³/mol. The van der Waals surface area contributed by atoms with Crippen LogP contribution in [0.15, 0.2) is 52.9 Å². The van der Waals surface area contributed by atoms with Gasteiger partial charge in [-0.25, -0.2) is 14.6 Å². The zero-order valence-corrected chi connectivity index (χ0v) is 18.9. The zero-order chi connectivity index (χ0) is 23.4. The lowest BCUT2D eigenvalue weighted by Gasteiger charge is -2.21. The van der Waals surface area contributed by atoms with Gasteiger partial charge < -0.3 is 18.6 Å². The van der Waals surface area contributed by atoms with Gasteiger partial charge in [0.05, 0.1) is 7.11 Å². The predicted octanol–water partition coefficient (Wildman–Crippen LogP) is 5.06. The molecule has 1 fully saturated rings. The number of nitrogens with zero attached hydrogens (tertiary/aromatic N) is 2. The molecule has 0 bridgehead atoms. The molecule has 2 aromatic carbocycles. The highest BCUT2D eigenvalue weighted by atomic mass is 16.6. The Morgan fingerprint density at radius 3 is 2.61 bits per heavy atom.